The van der Waals surface area contributed by atoms with Crippen LogP contribution in [-0.2, 0) is 16.1 Å². The molecule has 160 valence electrons. The van der Waals surface area contributed by atoms with Crippen LogP contribution in [0.5, 0.6) is 0 Å². The van der Waals surface area contributed by atoms with Crippen LogP contribution in [-0.4, -0.2) is 26.9 Å². The molecule has 1 unspecified atom stereocenters. The number of carbonyl (C=O) groups is 1. The van der Waals surface area contributed by atoms with E-state index in [2.05, 4.69) is 26.0 Å². The van der Waals surface area contributed by atoms with Crippen molar-refractivity contribution < 1.29 is 9.53 Å². The number of halogens is 1. The molecule has 1 atom stereocenters. The lowest BCUT2D eigenvalue weighted by Crippen LogP contribution is -2.39. The monoisotopic (exact) mass is 500 g/mol. The van der Waals surface area contributed by atoms with Gasteiger partial charge in [0.05, 0.1) is 34.6 Å². The molecule has 0 radical (unpaired) electrons. The molecule has 3 aromatic rings. The Morgan fingerprint density at radius 1 is 1.29 bits per heavy atom. The molecule has 0 saturated carbocycles. The van der Waals surface area contributed by atoms with Crippen molar-refractivity contribution >= 4 is 39.3 Å². The van der Waals surface area contributed by atoms with E-state index < -0.39 is 12.0 Å². The number of aromatic nitrogens is 3. The number of carbonyl (C=O) groups excluding carboxylic acids is 1. The normalized spacial score (nSPS) is 16.3. The van der Waals surface area contributed by atoms with E-state index in [1.807, 2.05) is 43.5 Å². The molecule has 7 nitrogen and oxygen atoms in total. The fourth-order valence-electron chi connectivity index (χ4n) is 3.53. The van der Waals surface area contributed by atoms with Gasteiger partial charge in [0.1, 0.15) is 0 Å². The molecule has 1 aliphatic heterocycles. The quantitative estimate of drug-likeness (QED) is 0.504. The Kier molecular flexibility index (Phi) is 6.06. The van der Waals surface area contributed by atoms with E-state index in [9.17, 15) is 9.59 Å². The summed E-state index contributed by atoms with van der Waals surface area (Å²) in [5, 5.41) is 4.26. The highest BCUT2D eigenvalue weighted by atomic mass is 79.9. The largest absolute Gasteiger partial charge is 0.463 e. The Morgan fingerprint density at radius 3 is 2.68 bits per heavy atom. The average Bonchev–Trinajstić information content (AvgIpc) is 3.32. The Bertz CT molecular complexity index is 1350. The highest BCUT2D eigenvalue weighted by molar-refractivity contribution is 9.10. The van der Waals surface area contributed by atoms with Crippen LogP contribution in [0.2, 0.25) is 0 Å². The van der Waals surface area contributed by atoms with Gasteiger partial charge >= 0.3 is 5.97 Å². The molecule has 0 aliphatic carbocycles. The van der Waals surface area contributed by atoms with Gasteiger partial charge in [-0.1, -0.05) is 39.4 Å². The molecule has 0 bridgehead atoms. The molecule has 31 heavy (non-hydrogen) atoms. The van der Waals surface area contributed by atoms with Crippen LogP contribution in [0.4, 0.5) is 0 Å². The van der Waals surface area contributed by atoms with Crippen LogP contribution in [0.15, 0.2) is 62.2 Å². The van der Waals surface area contributed by atoms with Gasteiger partial charge in [-0.2, -0.15) is 5.10 Å². The van der Waals surface area contributed by atoms with Gasteiger partial charge in [-0.3, -0.25) is 14.0 Å². The minimum atomic E-state index is -0.607. The molecule has 1 aliphatic rings. The molecular weight excluding hydrogens is 480 g/mol. The van der Waals surface area contributed by atoms with Crippen LogP contribution in [0, 0.1) is 0 Å². The van der Waals surface area contributed by atoms with Gasteiger partial charge in [-0.15, -0.1) is 0 Å². The molecule has 0 fully saturated rings. The van der Waals surface area contributed by atoms with E-state index in [1.54, 1.807) is 29.3 Å². The van der Waals surface area contributed by atoms with E-state index >= 15 is 0 Å². The van der Waals surface area contributed by atoms with Crippen LogP contribution in [0.25, 0.3) is 6.08 Å². The standard InChI is InChI=1S/C22H21BrN4O3S/c1-4-26-12-14(11-24-26)10-17-20(28)27-19(15-6-8-16(23)9-7-15)18(21(29)30-5-2)13(3)25-22(27)31-17/h6-12,19H,4-5H2,1-3H3. The second kappa shape index (κ2) is 8.76. The van der Waals surface area contributed by atoms with Crippen LogP contribution in [0.3, 0.4) is 0 Å². The summed E-state index contributed by atoms with van der Waals surface area (Å²) < 4.78 is 10.1. The lowest BCUT2D eigenvalue weighted by Gasteiger charge is -2.24. The van der Waals surface area contributed by atoms with Gasteiger partial charge in [0.2, 0.25) is 0 Å². The molecule has 4 rings (SSSR count). The average molecular weight is 501 g/mol. The van der Waals surface area contributed by atoms with Gasteiger partial charge in [0.25, 0.3) is 5.56 Å². The van der Waals surface area contributed by atoms with Gasteiger partial charge in [-0.05, 0) is 44.5 Å². The third-order valence-corrected chi connectivity index (χ3v) is 6.49. The zero-order chi connectivity index (χ0) is 22.1. The highest BCUT2D eigenvalue weighted by Crippen LogP contribution is 2.31. The molecule has 0 saturated heterocycles. The van der Waals surface area contributed by atoms with Gasteiger partial charge in [0, 0.05) is 22.8 Å². The summed E-state index contributed by atoms with van der Waals surface area (Å²) in [7, 11) is 0. The summed E-state index contributed by atoms with van der Waals surface area (Å²) in [6, 6.07) is 6.97. The third kappa shape index (κ3) is 4.07. The van der Waals surface area contributed by atoms with E-state index in [0.29, 0.717) is 20.6 Å². The van der Waals surface area contributed by atoms with Crippen molar-refractivity contribution in [2.45, 2.75) is 33.4 Å². The maximum absolute atomic E-state index is 13.4. The highest BCUT2D eigenvalue weighted by Gasteiger charge is 2.33. The number of benzene rings is 1. The van der Waals surface area contributed by atoms with Gasteiger partial charge in [0.15, 0.2) is 4.80 Å². The Hall–Kier alpha value is -2.78. The minimum absolute atomic E-state index is 0.199. The predicted octanol–water partition coefficient (Wildman–Crippen LogP) is 2.78. The van der Waals surface area contributed by atoms with Crippen molar-refractivity contribution in [1.29, 1.82) is 0 Å². The summed E-state index contributed by atoms with van der Waals surface area (Å²) in [6.07, 6.45) is 5.42. The molecule has 0 spiro atoms. The molecule has 3 heterocycles. The Balaban J connectivity index is 1.93. The summed E-state index contributed by atoms with van der Waals surface area (Å²) in [5.74, 6) is -0.463. The molecule has 2 aromatic heterocycles. The number of allylic oxidation sites excluding steroid dienone is 1. The zero-order valence-electron chi connectivity index (χ0n) is 17.3. The van der Waals surface area contributed by atoms with E-state index in [-0.39, 0.29) is 12.2 Å². The minimum Gasteiger partial charge on any atom is -0.463 e. The number of thiazole rings is 1. The van der Waals surface area contributed by atoms with Gasteiger partial charge in [-0.25, -0.2) is 9.79 Å². The van der Waals surface area contributed by atoms with E-state index in [1.165, 1.54) is 11.3 Å². The summed E-state index contributed by atoms with van der Waals surface area (Å²) in [5.41, 5.74) is 2.38. The molecular formula is C22H21BrN4O3S. The summed E-state index contributed by atoms with van der Waals surface area (Å²) in [4.78, 5) is 31.4. The van der Waals surface area contributed by atoms with Gasteiger partial charge < -0.3 is 4.74 Å². The second-order valence-corrected chi connectivity index (χ2v) is 8.91. The first-order valence-electron chi connectivity index (χ1n) is 9.90. The van der Waals surface area contributed by atoms with E-state index in [4.69, 9.17) is 4.74 Å². The van der Waals surface area contributed by atoms with Crippen molar-refractivity contribution in [1.82, 2.24) is 14.3 Å². The number of hydrogen-bond donors (Lipinski definition) is 0. The second-order valence-electron chi connectivity index (χ2n) is 6.98. The van der Waals surface area contributed by atoms with Crippen LogP contribution < -0.4 is 14.9 Å². The SMILES string of the molecule is CCOC(=O)C1=C(C)N=c2sc(=Cc3cnn(CC)c3)c(=O)n2C1c1ccc(Br)cc1. The molecule has 0 N–H and O–H groups in total. The van der Waals surface area contributed by atoms with Crippen molar-refractivity contribution in [2.24, 2.45) is 4.99 Å². The smallest absolute Gasteiger partial charge is 0.338 e. The molecule has 9 heteroatoms. The van der Waals surface area contributed by atoms with Crippen molar-refractivity contribution in [2.75, 3.05) is 6.61 Å². The lowest BCUT2D eigenvalue weighted by molar-refractivity contribution is -0.139. The third-order valence-electron chi connectivity index (χ3n) is 4.98. The fourth-order valence-corrected chi connectivity index (χ4v) is 4.84. The number of hydrogen-bond acceptors (Lipinski definition) is 6. The number of esters is 1. The van der Waals surface area contributed by atoms with Crippen molar-refractivity contribution in [3.8, 4) is 0 Å². The zero-order valence-corrected chi connectivity index (χ0v) is 19.7. The number of nitrogens with zero attached hydrogens (tertiary/aromatic N) is 4. The first kappa shape index (κ1) is 21.5. The topological polar surface area (TPSA) is 78.5 Å². The van der Waals surface area contributed by atoms with E-state index in [0.717, 1.165) is 22.1 Å². The first-order valence-corrected chi connectivity index (χ1v) is 11.5. The number of aryl methyl sites for hydroxylation is 1. The predicted molar refractivity (Wildman–Crippen MR) is 122 cm³/mol. The molecule has 0 amide bonds. The Morgan fingerprint density at radius 2 is 2.03 bits per heavy atom. The van der Waals surface area contributed by atoms with Crippen molar-refractivity contribution in [3.05, 3.63) is 83.2 Å². The molecule has 1 aromatic carbocycles. The van der Waals surface area contributed by atoms with Crippen LogP contribution in [0.1, 0.15) is 37.9 Å². The maximum Gasteiger partial charge on any atom is 0.338 e. The number of fused-ring (bicyclic) bond motifs is 1. The van der Waals surface area contributed by atoms with Crippen molar-refractivity contribution in [3.63, 3.8) is 0 Å². The Labute approximate surface area is 191 Å². The first-order chi connectivity index (χ1) is 14.9. The maximum atomic E-state index is 13.4. The number of ether oxygens (including phenoxy) is 1. The lowest BCUT2D eigenvalue weighted by atomic mass is 9.96. The summed E-state index contributed by atoms with van der Waals surface area (Å²) in [6.45, 7) is 6.53. The summed E-state index contributed by atoms with van der Waals surface area (Å²) >= 11 is 4.75. The van der Waals surface area contributed by atoms with Crippen LogP contribution >= 0.6 is 27.3 Å². The fraction of sp³-hybridized carbons (Fsp3) is 0.273. The number of rotatable bonds is 5.